The zero-order valence-corrected chi connectivity index (χ0v) is 13.8. The molecule has 0 radical (unpaired) electrons. The second-order valence-corrected chi connectivity index (χ2v) is 5.93. The van der Waals surface area contributed by atoms with Crippen molar-refractivity contribution in [2.75, 3.05) is 12.4 Å². The van der Waals surface area contributed by atoms with Crippen LogP contribution in [-0.4, -0.2) is 18.5 Å². The Kier molecular flexibility index (Phi) is 7.37. The molecule has 0 unspecified atom stereocenters. The fraction of sp³-hybridized carbons (Fsp3) is 0.474. The van der Waals surface area contributed by atoms with E-state index in [2.05, 4.69) is 10.5 Å². The molecule has 1 N–H and O–H groups in total. The molecule has 1 saturated carbocycles. The SMILES string of the molecule is CNc1oncc1-c1ccccc1.O=CCCC1CCCCC1. The summed E-state index contributed by atoms with van der Waals surface area (Å²) in [6.45, 7) is 0. The van der Waals surface area contributed by atoms with Gasteiger partial charge in [0.15, 0.2) is 0 Å². The van der Waals surface area contributed by atoms with Crippen molar-refractivity contribution in [3.05, 3.63) is 36.5 Å². The summed E-state index contributed by atoms with van der Waals surface area (Å²) in [5, 5.41) is 6.68. The molecule has 0 spiro atoms. The Morgan fingerprint density at radius 3 is 2.61 bits per heavy atom. The zero-order valence-electron chi connectivity index (χ0n) is 13.8. The molecule has 0 bridgehead atoms. The van der Waals surface area contributed by atoms with Crippen LogP contribution in [0, 0.1) is 5.92 Å². The Morgan fingerprint density at radius 2 is 1.96 bits per heavy atom. The number of benzene rings is 1. The Morgan fingerprint density at radius 1 is 1.22 bits per heavy atom. The summed E-state index contributed by atoms with van der Waals surface area (Å²) in [4.78, 5) is 10.0. The lowest BCUT2D eigenvalue weighted by Crippen LogP contribution is -2.05. The van der Waals surface area contributed by atoms with Crippen LogP contribution < -0.4 is 5.32 Å². The number of carbonyl (C=O) groups excluding carboxylic acids is 1. The summed E-state index contributed by atoms with van der Waals surface area (Å²) in [6.07, 6.45) is 11.6. The highest BCUT2D eigenvalue weighted by Gasteiger charge is 2.11. The fourth-order valence-electron chi connectivity index (χ4n) is 3.02. The number of nitrogens with zero attached hydrogens (tertiary/aromatic N) is 1. The van der Waals surface area contributed by atoms with E-state index in [4.69, 9.17) is 4.52 Å². The average Bonchev–Trinajstić information content (AvgIpc) is 3.11. The molecular formula is C19H26N2O2. The number of aldehydes is 1. The molecule has 23 heavy (non-hydrogen) atoms. The van der Waals surface area contributed by atoms with Crippen LogP contribution in [0.3, 0.4) is 0 Å². The van der Waals surface area contributed by atoms with Crippen LogP contribution in [0.2, 0.25) is 0 Å². The van der Waals surface area contributed by atoms with Gasteiger partial charge >= 0.3 is 0 Å². The molecule has 1 aliphatic rings. The number of nitrogens with one attached hydrogen (secondary N) is 1. The van der Waals surface area contributed by atoms with Gasteiger partial charge in [-0.15, -0.1) is 0 Å². The predicted octanol–water partition coefficient (Wildman–Crippen LogP) is 4.93. The molecule has 0 aliphatic heterocycles. The fourth-order valence-corrected chi connectivity index (χ4v) is 3.02. The minimum Gasteiger partial charge on any atom is -0.357 e. The van der Waals surface area contributed by atoms with Crippen LogP contribution in [0.15, 0.2) is 41.1 Å². The molecule has 1 fully saturated rings. The van der Waals surface area contributed by atoms with Crippen LogP contribution in [0.25, 0.3) is 11.1 Å². The summed E-state index contributed by atoms with van der Waals surface area (Å²) in [6, 6.07) is 10.0. The van der Waals surface area contributed by atoms with Gasteiger partial charge in [0.2, 0.25) is 5.88 Å². The number of carbonyl (C=O) groups is 1. The quantitative estimate of drug-likeness (QED) is 0.795. The summed E-state index contributed by atoms with van der Waals surface area (Å²) in [5.74, 6) is 1.57. The van der Waals surface area contributed by atoms with E-state index < -0.39 is 0 Å². The van der Waals surface area contributed by atoms with Crippen molar-refractivity contribution in [1.82, 2.24) is 5.16 Å². The monoisotopic (exact) mass is 314 g/mol. The van der Waals surface area contributed by atoms with Crippen molar-refractivity contribution in [3.63, 3.8) is 0 Å². The first-order valence-electron chi connectivity index (χ1n) is 8.46. The molecule has 4 nitrogen and oxygen atoms in total. The van der Waals surface area contributed by atoms with Crippen LogP contribution in [-0.2, 0) is 4.79 Å². The molecule has 1 aromatic heterocycles. The van der Waals surface area contributed by atoms with Crippen molar-refractivity contribution in [1.29, 1.82) is 0 Å². The number of aromatic nitrogens is 1. The third-order valence-electron chi connectivity index (χ3n) is 4.30. The van der Waals surface area contributed by atoms with E-state index >= 15 is 0 Å². The molecule has 124 valence electrons. The van der Waals surface area contributed by atoms with Gasteiger partial charge in [-0.2, -0.15) is 0 Å². The highest BCUT2D eigenvalue weighted by molar-refractivity contribution is 5.72. The van der Waals surface area contributed by atoms with Crippen LogP contribution in [0.4, 0.5) is 5.88 Å². The van der Waals surface area contributed by atoms with Gasteiger partial charge in [0.25, 0.3) is 0 Å². The van der Waals surface area contributed by atoms with Crippen molar-refractivity contribution < 1.29 is 9.32 Å². The van der Waals surface area contributed by atoms with E-state index in [-0.39, 0.29) is 0 Å². The molecule has 2 aromatic rings. The number of hydrogen-bond acceptors (Lipinski definition) is 4. The summed E-state index contributed by atoms with van der Waals surface area (Å²) in [7, 11) is 1.81. The molecular weight excluding hydrogens is 288 g/mol. The predicted molar refractivity (Wildman–Crippen MR) is 93.4 cm³/mol. The largest absolute Gasteiger partial charge is 0.357 e. The first kappa shape index (κ1) is 17.3. The molecule has 1 aromatic carbocycles. The van der Waals surface area contributed by atoms with Crippen molar-refractivity contribution in [2.45, 2.75) is 44.9 Å². The van der Waals surface area contributed by atoms with Gasteiger partial charge in [-0.05, 0) is 17.9 Å². The summed E-state index contributed by atoms with van der Waals surface area (Å²) in [5.41, 5.74) is 2.09. The first-order chi connectivity index (χ1) is 11.3. The van der Waals surface area contributed by atoms with E-state index in [9.17, 15) is 4.79 Å². The van der Waals surface area contributed by atoms with Crippen molar-refractivity contribution >= 4 is 12.2 Å². The third kappa shape index (κ3) is 5.55. The first-order valence-corrected chi connectivity index (χ1v) is 8.46. The Bertz CT molecular complexity index is 560. The minimum atomic E-state index is 0.700. The van der Waals surface area contributed by atoms with Crippen LogP contribution in [0.1, 0.15) is 44.9 Å². The highest BCUT2D eigenvalue weighted by Crippen LogP contribution is 2.27. The summed E-state index contributed by atoms with van der Waals surface area (Å²) >= 11 is 0. The standard InChI is InChI=1S/C10H10N2O.C9H16O/c1-11-10-9(7-12-13-10)8-5-3-2-4-6-8;10-8-4-7-9-5-2-1-3-6-9/h2-7,11H,1H3;8-9H,1-7H2. The molecule has 3 rings (SSSR count). The topological polar surface area (TPSA) is 55.1 Å². The summed E-state index contributed by atoms with van der Waals surface area (Å²) < 4.78 is 5.01. The van der Waals surface area contributed by atoms with Crippen molar-refractivity contribution in [2.24, 2.45) is 5.92 Å². The molecule has 1 heterocycles. The minimum absolute atomic E-state index is 0.700. The van der Waals surface area contributed by atoms with Gasteiger partial charge in [-0.25, -0.2) is 0 Å². The Labute approximate surface area is 138 Å². The zero-order chi connectivity index (χ0) is 16.3. The van der Waals surface area contributed by atoms with Crippen LogP contribution >= 0.6 is 0 Å². The van der Waals surface area contributed by atoms with E-state index in [1.54, 1.807) is 6.20 Å². The average molecular weight is 314 g/mol. The van der Waals surface area contributed by atoms with Crippen LogP contribution in [0.5, 0.6) is 0 Å². The highest BCUT2D eigenvalue weighted by atomic mass is 16.5. The Hall–Kier alpha value is -2.10. The van der Waals surface area contributed by atoms with Gasteiger partial charge in [-0.1, -0.05) is 67.6 Å². The van der Waals surface area contributed by atoms with Gasteiger partial charge < -0.3 is 14.6 Å². The molecule has 1 aliphatic carbocycles. The molecule has 0 saturated heterocycles. The second kappa shape index (κ2) is 9.82. The number of rotatable bonds is 5. The smallest absolute Gasteiger partial charge is 0.232 e. The van der Waals surface area contributed by atoms with Gasteiger partial charge in [0.05, 0.1) is 11.8 Å². The lowest BCUT2D eigenvalue weighted by atomic mass is 9.86. The molecule has 0 amide bonds. The molecule has 0 atom stereocenters. The van der Waals surface area contributed by atoms with Gasteiger partial charge in [-0.3, -0.25) is 0 Å². The maximum atomic E-state index is 10.0. The number of hydrogen-bond donors (Lipinski definition) is 1. The van der Waals surface area contributed by atoms with E-state index in [0.29, 0.717) is 5.88 Å². The lowest BCUT2D eigenvalue weighted by Gasteiger charge is -2.19. The second-order valence-electron chi connectivity index (χ2n) is 5.93. The number of anilines is 1. The van der Waals surface area contributed by atoms with Gasteiger partial charge in [0, 0.05) is 13.5 Å². The third-order valence-corrected chi connectivity index (χ3v) is 4.30. The normalized spacial score (nSPS) is 14.7. The maximum absolute atomic E-state index is 10.0. The molecule has 4 heteroatoms. The Balaban J connectivity index is 0.000000174. The lowest BCUT2D eigenvalue weighted by molar-refractivity contribution is -0.108. The van der Waals surface area contributed by atoms with Gasteiger partial charge in [0.1, 0.15) is 6.29 Å². The maximum Gasteiger partial charge on any atom is 0.232 e. The van der Waals surface area contributed by atoms with Crippen molar-refractivity contribution in [3.8, 4) is 11.1 Å². The van der Waals surface area contributed by atoms with E-state index in [1.165, 1.54) is 32.1 Å². The van der Waals surface area contributed by atoms with E-state index in [0.717, 1.165) is 36.2 Å². The van der Waals surface area contributed by atoms with E-state index in [1.807, 2.05) is 37.4 Å².